The van der Waals surface area contributed by atoms with Crippen LogP contribution < -0.4 is 10.2 Å². The summed E-state index contributed by atoms with van der Waals surface area (Å²) in [5.41, 5.74) is 2.70. The van der Waals surface area contributed by atoms with E-state index in [0.717, 1.165) is 5.56 Å². The molecule has 0 bridgehead atoms. The van der Waals surface area contributed by atoms with Crippen LogP contribution in [-0.2, 0) is 9.59 Å². The Morgan fingerprint density at radius 1 is 1.06 bits per heavy atom. The zero-order valence-corrected chi connectivity index (χ0v) is 18.3. The number of nitrogens with zero attached hydrogens (tertiary/aromatic N) is 2. The number of furan rings is 1. The van der Waals surface area contributed by atoms with Crippen LogP contribution in [0.4, 0.5) is 5.69 Å². The standard InChI is InChI=1S/C25H19N3O3S/c1-15(2)16-7-9-18(10-8-16)28-24(30)21(23(29)27-25(28)32)13-19-11-12-22(31-19)20-6-4-3-5-17(20)14-26/h3-13,15H,1-2H3,(H,27,29,32)/b21-13-. The third kappa shape index (κ3) is 3.96. The van der Waals surface area contributed by atoms with Crippen LogP contribution in [0.2, 0.25) is 0 Å². The number of rotatable bonds is 4. The fourth-order valence-corrected chi connectivity index (χ4v) is 3.69. The Labute approximate surface area is 190 Å². The third-order valence-corrected chi connectivity index (χ3v) is 5.43. The second kappa shape index (κ2) is 8.61. The summed E-state index contributed by atoms with van der Waals surface area (Å²) in [6, 6.07) is 20.0. The lowest BCUT2D eigenvalue weighted by Crippen LogP contribution is -2.54. The van der Waals surface area contributed by atoms with Crippen molar-refractivity contribution in [2.75, 3.05) is 4.90 Å². The highest BCUT2D eigenvalue weighted by molar-refractivity contribution is 7.80. The van der Waals surface area contributed by atoms with E-state index in [4.69, 9.17) is 16.6 Å². The number of anilines is 1. The first-order valence-electron chi connectivity index (χ1n) is 10.00. The number of hydrogen-bond acceptors (Lipinski definition) is 5. The maximum absolute atomic E-state index is 13.2. The molecule has 2 heterocycles. The van der Waals surface area contributed by atoms with Gasteiger partial charge in [-0.05, 0) is 66.2 Å². The van der Waals surface area contributed by atoms with E-state index in [0.29, 0.717) is 34.3 Å². The zero-order valence-electron chi connectivity index (χ0n) is 17.5. The number of nitriles is 1. The molecule has 7 heteroatoms. The lowest BCUT2D eigenvalue weighted by Gasteiger charge is -2.29. The van der Waals surface area contributed by atoms with Crippen LogP contribution in [0.5, 0.6) is 0 Å². The maximum atomic E-state index is 13.2. The summed E-state index contributed by atoms with van der Waals surface area (Å²) in [5, 5.41) is 11.9. The molecule has 1 N–H and O–H groups in total. The molecule has 2 aromatic carbocycles. The number of carbonyl (C=O) groups excluding carboxylic acids is 2. The SMILES string of the molecule is CC(C)c1ccc(N2C(=O)/C(=C\c3ccc(-c4ccccc4C#N)o3)C(=O)NC2=S)cc1. The Balaban J connectivity index is 1.67. The topological polar surface area (TPSA) is 86.3 Å². The molecule has 4 rings (SSSR count). The molecule has 0 atom stereocenters. The number of amides is 2. The minimum Gasteiger partial charge on any atom is -0.457 e. The largest absolute Gasteiger partial charge is 0.457 e. The molecule has 2 amide bonds. The molecular formula is C25H19N3O3S. The molecule has 158 valence electrons. The second-order valence-corrected chi connectivity index (χ2v) is 7.95. The Bertz CT molecular complexity index is 1300. The summed E-state index contributed by atoms with van der Waals surface area (Å²) in [6.07, 6.45) is 1.38. The quantitative estimate of drug-likeness (QED) is 0.358. The Morgan fingerprint density at radius 3 is 2.47 bits per heavy atom. The smallest absolute Gasteiger partial charge is 0.270 e. The number of benzene rings is 2. The molecule has 0 saturated carbocycles. The highest BCUT2D eigenvalue weighted by Crippen LogP contribution is 2.28. The predicted molar refractivity (Wildman–Crippen MR) is 126 cm³/mol. The van der Waals surface area contributed by atoms with Gasteiger partial charge in [-0.2, -0.15) is 5.26 Å². The van der Waals surface area contributed by atoms with E-state index in [1.165, 1.54) is 11.0 Å². The Morgan fingerprint density at radius 2 is 1.78 bits per heavy atom. The molecule has 6 nitrogen and oxygen atoms in total. The van der Waals surface area contributed by atoms with Gasteiger partial charge in [-0.25, -0.2) is 0 Å². The Kier molecular flexibility index (Phi) is 5.71. The summed E-state index contributed by atoms with van der Waals surface area (Å²) in [7, 11) is 0. The van der Waals surface area contributed by atoms with Gasteiger partial charge in [0.1, 0.15) is 17.1 Å². The molecule has 0 unspecified atom stereocenters. The fourth-order valence-electron chi connectivity index (χ4n) is 3.41. The van der Waals surface area contributed by atoms with Gasteiger partial charge in [0.15, 0.2) is 5.11 Å². The Hall–Kier alpha value is -4.02. The van der Waals surface area contributed by atoms with E-state index in [1.807, 2.05) is 12.1 Å². The first-order chi connectivity index (χ1) is 15.4. The van der Waals surface area contributed by atoms with Crippen molar-refractivity contribution in [3.8, 4) is 17.4 Å². The van der Waals surface area contributed by atoms with Crippen molar-refractivity contribution in [3.05, 3.63) is 83.1 Å². The van der Waals surface area contributed by atoms with Gasteiger partial charge < -0.3 is 4.42 Å². The van der Waals surface area contributed by atoms with Gasteiger partial charge in [0.2, 0.25) is 0 Å². The van der Waals surface area contributed by atoms with E-state index in [1.54, 1.807) is 48.5 Å². The van der Waals surface area contributed by atoms with Crippen molar-refractivity contribution < 1.29 is 14.0 Å². The van der Waals surface area contributed by atoms with Crippen molar-refractivity contribution in [1.82, 2.24) is 5.32 Å². The second-order valence-electron chi connectivity index (χ2n) is 7.56. The highest BCUT2D eigenvalue weighted by Gasteiger charge is 2.34. The first kappa shape index (κ1) is 21.2. The number of nitrogens with one attached hydrogen (secondary N) is 1. The molecule has 1 fully saturated rings. The summed E-state index contributed by atoms with van der Waals surface area (Å²) >= 11 is 5.25. The first-order valence-corrected chi connectivity index (χ1v) is 10.4. The minimum absolute atomic E-state index is 0.0255. The normalized spacial score (nSPS) is 15.2. The maximum Gasteiger partial charge on any atom is 0.270 e. The van der Waals surface area contributed by atoms with Gasteiger partial charge in [-0.3, -0.25) is 19.8 Å². The number of thiocarbonyl (C=S) groups is 1. The van der Waals surface area contributed by atoms with E-state index < -0.39 is 11.8 Å². The van der Waals surface area contributed by atoms with Crippen LogP contribution in [0.1, 0.15) is 36.7 Å². The summed E-state index contributed by atoms with van der Waals surface area (Å²) < 4.78 is 5.81. The molecule has 3 aromatic rings. The molecular weight excluding hydrogens is 422 g/mol. The predicted octanol–water partition coefficient (Wildman–Crippen LogP) is 4.77. The number of hydrogen-bond donors (Lipinski definition) is 1. The summed E-state index contributed by atoms with van der Waals surface area (Å²) in [4.78, 5) is 27.0. The van der Waals surface area contributed by atoms with Gasteiger partial charge in [0, 0.05) is 5.56 Å². The molecule has 1 saturated heterocycles. The van der Waals surface area contributed by atoms with E-state index in [2.05, 4.69) is 25.2 Å². The van der Waals surface area contributed by atoms with Crippen LogP contribution in [0.3, 0.4) is 0 Å². The molecule has 0 aliphatic carbocycles. The molecule has 1 aliphatic heterocycles. The van der Waals surface area contributed by atoms with E-state index in [-0.39, 0.29) is 10.7 Å². The lowest BCUT2D eigenvalue weighted by molar-refractivity contribution is -0.122. The average molecular weight is 442 g/mol. The van der Waals surface area contributed by atoms with Crippen LogP contribution >= 0.6 is 12.2 Å². The van der Waals surface area contributed by atoms with Crippen molar-refractivity contribution in [1.29, 1.82) is 5.26 Å². The van der Waals surface area contributed by atoms with Crippen molar-refractivity contribution in [2.45, 2.75) is 19.8 Å². The molecule has 1 aliphatic rings. The summed E-state index contributed by atoms with van der Waals surface area (Å²) in [5.74, 6) is 0.00265. The van der Waals surface area contributed by atoms with Gasteiger partial charge in [0.05, 0.1) is 17.3 Å². The molecule has 1 aromatic heterocycles. The summed E-state index contributed by atoms with van der Waals surface area (Å²) in [6.45, 7) is 4.17. The van der Waals surface area contributed by atoms with Gasteiger partial charge in [-0.1, -0.05) is 38.1 Å². The van der Waals surface area contributed by atoms with Crippen molar-refractivity contribution in [2.24, 2.45) is 0 Å². The monoisotopic (exact) mass is 441 g/mol. The van der Waals surface area contributed by atoms with Gasteiger partial charge in [0.25, 0.3) is 11.8 Å². The molecule has 32 heavy (non-hydrogen) atoms. The van der Waals surface area contributed by atoms with Crippen LogP contribution in [0, 0.1) is 11.3 Å². The van der Waals surface area contributed by atoms with Gasteiger partial charge in [-0.15, -0.1) is 0 Å². The van der Waals surface area contributed by atoms with E-state index >= 15 is 0 Å². The fraction of sp³-hybridized carbons (Fsp3) is 0.120. The van der Waals surface area contributed by atoms with Crippen LogP contribution in [0.15, 0.2) is 70.7 Å². The third-order valence-electron chi connectivity index (χ3n) is 5.15. The van der Waals surface area contributed by atoms with Crippen molar-refractivity contribution >= 4 is 40.9 Å². The lowest BCUT2D eigenvalue weighted by atomic mass is 10.0. The number of carbonyl (C=O) groups is 2. The average Bonchev–Trinajstić information content (AvgIpc) is 3.25. The van der Waals surface area contributed by atoms with Crippen LogP contribution in [-0.4, -0.2) is 16.9 Å². The zero-order chi connectivity index (χ0) is 22.8. The van der Waals surface area contributed by atoms with Gasteiger partial charge >= 0.3 is 0 Å². The molecule has 0 spiro atoms. The van der Waals surface area contributed by atoms with Crippen molar-refractivity contribution in [3.63, 3.8) is 0 Å². The molecule has 0 radical (unpaired) electrons. The minimum atomic E-state index is -0.592. The van der Waals surface area contributed by atoms with Crippen LogP contribution in [0.25, 0.3) is 17.4 Å². The van der Waals surface area contributed by atoms with E-state index in [9.17, 15) is 14.9 Å². The highest BCUT2D eigenvalue weighted by atomic mass is 32.1.